The fourth-order valence-electron chi connectivity index (χ4n) is 3.39. The lowest BCUT2D eigenvalue weighted by atomic mass is 10.1. The van der Waals surface area contributed by atoms with Crippen LogP contribution in [-0.2, 0) is 9.53 Å². The van der Waals surface area contributed by atoms with E-state index in [-0.39, 0.29) is 5.97 Å². The first kappa shape index (κ1) is 24.3. The van der Waals surface area contributed by atoms with Gasteiger partial charge in [-0.15, -0.1) is 0 Å². The maximum Gasteiger partial charge on any atom is 0.333 e. The summed E-state index contributed by atoms with van der Waals surface area (Å²) in [5.41, 5.74) is 3.87. The van der Waals surface area contributed by atoms with Gasteiger partial charge in [-0.1, -0.05) is 60.7 Å². The monoisotopic (exact) mass is 477 g/mol. The topological polar surface area (TPSA) is 72.0 Å². The molecule has 0 bridgehead atoms. The number of guanidine groups is 1. The van der Waals surface area contributed by atoms with Gasteiger partial charge in [-0.3, -0.25) is 0 Å². The molecule has 0 heterocycles. The molecule has 0 radical (unpaired) electrons. The van der Waals surface area contributed by atoms with Gasteiger partial charge in [-0.05, 0) is 67.1 Å². The van der Waals surface area contributed by atoms with Crippen molar-refractivity contribution in [2.45, 2.75) is 6.92 Å². The Kier molecular flexibility index (Phi) is 8.12. The van der Waals surface area contributed by atoms with Crippen molar-refractivity contribution in [1.29, 1.82) is 0 Å². The third-order valence-electron chi connectivity index (χ3n) is 5.17. The van der Waals surface area contributed by atoms with Crippen molar-refractivity contribution in [3.63, 3.8) is 0 Å². The van der Waals surface area contributed by atoms with E-state index in [1.807, 2.05) is 109 Å². The van der Waals surface area contributed by atoms with Crippen LogP contribution in [0.4, 0.5) is 17.1 Å². The number of nitrogens with one attached hydrogen (secondary N) is 2. The van der Waals surface area contributed by atoms with Gasteiger partial charge in [-0.2, -0.15) is 0 Å². The van der Waals surface area contributed by atoms with Crippen molar-refractivity contribution >= 4 is 35.1 Å². The number of benzene rings is 4. The van der Waals surface area contributed by atoms with Crippen molar-refractivity contribution < 1.29 is 14.3 Å². The maximum absolute atomic E-state index is 11.6. The van der Waals surface area contributed by atoms with E-state index in [4.69, 9.17) is 14.5 Å². The van der Waals surface area contributed by atoms with E-state index >= 15 is 0 Å². The van der Waals surface area contributed by atoms with Crippen LogP contribution in [0.15, 0.2) is 120 Å². The summed E-state index contributed by atoms with van der Waals surface area (Å²) in [6.07, 6.45) is 1.77. The molecule has 4 aromatic carbocycles. The van der Waals surface area contributed by atoms with Crippen LogP contribution in [0.1, 0.15) is 12.5 Å². The van der Waals surface area contributed by atoms with Crippen LogP contribution < -0.4 is 15.4 Å². The molecule has 36 heavy (non-hydrogen) atoms. The fourth-order valence-corrected chi connectivity index (χ4v) is 3.39. The lowest BCUT2D eigenvalue weighted by Gasteiger charge is -2.14. The zero-order valence-electron chi connectivity index (χ0n) is 20.1. The van der Waals surface area contributed by atoms with Gasteiger partial charge in [0, 0.05) is 16.9 Å². The Hall–Kier alpha value is -4.84. The van der Waals surface area contributed by atoms with Gasteiger partial charge in [0.15, 0.2) is 5.75 Å². The van der Waals surface area contributed by atoms with E-state index in [1.54, 1.807) is 13.0 Å². The van der Waals surface area contributed by atoms with E-state index in [1.165, 1.54) is 7.11 Å². The number of nitrogens with zero attached hydrogens (tertiary/aromatic N) is 1. The Morgan fingerprint density at radius 2 is 1.31 bits per heavy atom. The van der Waals surface area contributed by atoms with Gasteiger partial charge in [0.05, 0.1) is 7.11 Å². The molecule has 2 N–H and O–H groups in total. The summed E-state index contributed by atoms with van der Waals surface area (Å²) in [6, 6.07) is 34.7. The number of rotatable bonds is 7. The molecular formula is C30H27N3O3. The second-order valence-corrected chi connectivity index (χ2v) is 7.90. The molecule has 4 rings (SSSR count). The summed E-state index contributed by atoms with van der Waals surface area (Å²) < 4.78 is 10.9. The largest absolute Gasteiger partial charge is 0.466 e. The summed E-state index contributed by atoms with van der Waals surface area (Å²) in [4.78, 5) is 16.5. The van der Waals surface area contributed by atoms with Gasteiger partial charge in [0.2, 0.25) is 5.96 Å². The minimum atomic E-state index is -0.355. The second-order valence-electron chi connectivity index (χ2n) is 7.90. The van der Waals surface area contributed by atoms with Crippen LogP contribution in [0.2, 0.25) is 0 Å². The quantitative estimate of drug-likeness (QED) is 0.127. The van der Waals surface area contributed by atoms with E-state index in [9.17, 15) is 4.79 Å². The molecule has 0 amide bonds. The molecule has 0 aliphatic carbocycles. The molecule has 180 valence electrons. The third kappa shape index (κ3) is 6.84. The first-order valence-electron chi connectivity index (χ1n) is 11.5. The summed E-state index contributed by atoms with van der Waals surface area (Å²) in [5, 5.41) is 6.69. The number of hydrogen-bond acceptors (Lipinski definition) is 4. The number of aliphatic imine (C=N–C) groups is 1. The summed E-state index contributed by atoms with van der Waals surface area (Å²) in [6.45, 7) is 1.72. The molecule has 0 atom stereocenters. The lowest BCUT2D eigenvalue weighted by Crippen LogP contribution is -2.21. The van der Waals surface area contributed by atoms with Crippen molar-refractivity contribution in [2.24, 2.45) is 4.99 Å². The molecule has 0 fully saturated rings. The maximum atomic E-state index is 11.6. The summed E-state index contributed by atoms with van der Waals surface area (Å²) >= 11 is 0. The number of esters is 1. The fraction of sp³-hybridized carbons (Fsp3) is 0.0667. The molecule has 4 aromatic rings. The highest BCUT2D eigenvalue weighted by Crippen LogP contribution is 2.32. The van der Waals surface area contributed by atoms with Gasteiger partial charge in [0.1, 0.15) is 11.4 Å². The van der Waals surface area contributed by atoms with Crippen LogP contribution in [0.3, 0.4) is 0 Å². The van der Waals surface area contributed by atoms with Crippen LogP contribution in [0.5, 0.6) is 11.5 Å². The first-order valence-corrected chi connectivity index (χ1v) is 11.5. The second kappa shape index (κ2) is 12.0. The number of carbonyl (C=O) groups excluding carboxylic acids is 1. The number of anilines is 2. The predicted octanol–water partition coefficient (Wildman–Crippen LogP) is 7.27. The highest BCUT2D eigenvalue weighted by molar-refractivity contribution is 6.05. The highest BCUT2D eigenvalue weighted by Gasteiger charge is 2.08. The lowest BCUT2D eigenvalue weighted by molar-refractivity contribution is -0.135. The van der Waals surface area contributed by atoms with Gasteiger partial charge in [0.25, 0.3) is 0 Å². The Balaban J connectivity index is 1.59. The first-order chi connectivity index (χ1) is 17.6. The highest BCUT2D eigenvalue weighted by atomic mass is 16.5. The molecule has 0 unspecified atom stereocenters. The minimum Gasteiger partial charge on any atom is -0.466 e. The molecule has 0 saturated carbocycles. The summed E-state index contributed by atoms with van der Waals surface area (Å²) in [5.74, 6) is 1.46. The Labute approximate surface area is 210 Å². The number of para-hydroxylation sites is 4. The predicted molar refractivity (Wildman–Crippen MR) is 146 cm³/mol. The van der Waals surface area contributed by atoms with Crippen LogP contribution >= 0.6 is 0 Å². The van der Waals surface area contributed by atoms with Gasteiger partial charge in [-0.25, -0.2) is 9.79 Å². The molecule has 6 heteroatoms. The van der Waals surface area contributed by atoms with Crippen LogP contribution in [-0.4, -0.2) is 19.0 Å². The molecular weight excluding hydrogens is 450 g/mol. The molecule has 0 saturated heterocycles. The zero-order valence-corrected chi connectivity index (χ0v) is 20.1. The van der Waals surface area contributed by atoms with Gasteiger partial charge < -0.3 is 20.1 Å². The zero-order chi connectivity index (χ0) is 25.2. The summed E-state index contributed by atoms with van der Waals surface area (Å²) in [7, 11) is 1.37. The number of methoxy groups -OCH3 is 1. The molecule has 0 spiro atoms. The van der Waals surface area contributed by atoms with E-state index in [2.05, 4.69) is 10.6 Å². The third-order valence-corrected chi connectivity index (χ3v) is 5.17. The van der Waals surface area contributed by atoms with Gasteiger partial charge >= 0.3 is 5.97 Å². The Morgan fingerprint density at radius 1 is 0.750 bits per heavy atom. The van der Waals surface area contributed by atoms with E-state index < -0.39 is 0 Å². The van der Waals surface area contributed by atoms with Crippen LogP contribution in [0.25, 0.3) is 6.08 Å². The number of hydrogen-bond donors (Lipinski definition) is 2. The van der Waals surface area contributed by atoms with Crippen molar-refractivity contribution in [1.82, 2.24) is 0 Å². The normalized spacial score (nSPS) is 10.8. The number of carbonyl (C=O) groups is 1. The van der Waals surface area contributed by atoms with E-state index in [0.29, 0.717) is 28.7 Å². The molecule has 0 aliphatic heterocycles. The Morgan fingerprint density at radius 3 is 1.89 bits per heavy atom. The SMILES string of the molecule is COC(=O)/C(C)=C/c1ccc(Oc2ccccc2N=C(Nc2ccccc2)Nc2ccccc2)cc1. The Bertz CT molecular complexity index is 1310. The smallest absolute Gasteiger partial charge is 0.333 e. The number of ether oxygens (including phenoxy) is 2. The standard InChI is InChI=1S/C30H27N3O3/c1-22(29(34)35-2)21-23-17-19-26(20-18-23)36-28-16-10-9-15-27(28)33-30(31-24-11-5-3-6-12-24)32-25-13-7-4-8-14-25/h3-21H,1-2H3,(H2,31,32,33)/b22-21+. The minimum absolute atomic E-state index is 0.355. The average Bonchev–Trinajstić information content (AvgIpc) is 2.91. The average molecular weight is 478 g/mol. The van der Waals surface area contributed by atoms with Crippen molar-refractivity contribution in [3.8, 4) is 11.5 Å². The van der Waals surface area contributed by atoms with Crippen molar-refractivity contribution in [3.05, 3.63) is 120 Å². The van der Waals surface area contributed by atoms with E-state index in [0.717, 1.165) is 16.9 Å². The van der Waals surface area contributed by atoms with Crippen LogP contribution in [0, 0.1) is 0 Å². The molecule has 0 aromatic heterocycles. The molecule has 6 nitrogen and oxygen atoms in total. The van der Waals surface area contributed by atoms with Crippen molar-refractivity contribution in [2.75, 3.05) is 17.7 Å². The molecule has 0 aliphatic rings.